The molecule has 0 fully saturated rings. The Morgan fingerprint density at radius 2 is 2.24 bits per heavy atom. The van der Waals surface area contributed by atoms with Crippen LogP contribution in [0.5, 0.6) is 0 Å². The molecule has 0 aliphatic rings. The number of imidazole rings is 1. The number of benzene rings is 1. The first-order valence-electron chi connectivity index (χ1n) is 7.13. The van der Waals surface area contributed by atoms with Gasteiger partial charge in [-0.15, -0.1) is 0 Å². The van der Waals surface area contributed by atoms with Gasteiger partial charge < -0.3 is 15.2 Å². The Bertz CT molecular complexity index is 623. The lowest BCUT2D eigenvalue weighted by Crippen LogP contribution is -2.35. The van der Waals surface area contributed by atoms with Crippen LogP contribution >= 0.6 is 0 Å². The average Bonchev–Trinajstić information content (AvgIpc) is 2.85. The molecule has 0 unspecified atom stereocenters. The van der Waals surface area contributed by atoms with Crippen LogP contribution in [0, 0.1) is 10.1 Å². The van der Waals surface area contributed by atoms with Gasteiger partial charge in [0.25, 0.3) is 5.69 Å². The summed E-state index contributed by atoms with van der Waals surface area (Å²) in [5, 5.41) is 14.2. The highest BCUT2D eigenvalue weighted by Gasteiger charge is 2.13. The number of anilines is 1. The maximum Gasteiger partial charge on any atom is 0.271 e. The van der Waals surface area contributed by atoms with Crippen molar-refractivity contribution in [3.63, 3.8) is 0 Å². The molecular formula is C14H21N5O2. The molecule has 1 aromatic heterocycles. The van der Waals surface area contributed by atoms with E-state index in [1.807, 2.05) is 0 Å². The number of likely N-dealkylation sites (N-methyl/N-ethyl adjacent to an activating group) is 1. The molecule has 0 atom stereocenters. The quantitative estimate of drug-likeness (QED) is 0.603. The van der Waals surface area contributed by atoms with Crippen LogP contribution in [0.15, 0.2) is 18.2 Å². The molecule has 0 saturated carbocycles. The van der Waals surface area contributed by atoms with Gasteiger partial charge in [0, 0.05) is 37.8 Å². The van der Waals surface area contributed by atoms with Crippen LogP contribution in [0.2, 0.25) is 0 Å². The Balaban J connectivity index is 2.17. The van der Waals surface area contributed by atoms with Crippen molar-refractivity contribution >= 4 is 22.7 Å². The monoisotopic (exact) mass is 291 g/mol. The topological polar surface area (TPSA) is 87.1 Å². The first-order valence-corrected chi connectivity index (χ1v) is 7.13. The first-order chi connectivity index (χ1) is 10.0. The Morgan fingerprint density at radius 3 is 2.86 bits per heavy atom. The molecule has 21 heavy (non-hydrogen) atoms. The number of nitrogens with one attached hydrogen (secondary N) is 2. The van der Waals surface area contributed by atoms with Crippen LogP contribution in [0.4, 0.5) is 11.6 Å². The molecule has 7 heteroatoms. The lowest BCUT2D eigenvalue weighted by molar-refractivity contribution is -0.384. The summed E-state index contributed by atoms with van der Waals surface area (Å²) in [6.07, 6.45) is 0. The Morgan fingerprint density at radius 1 is 1.48 bits per heavy atom. The van der Waals surface area contributed by atoms with Gasteiger partial charge in [0.05, 0.1) is 16.0 Å². The maximum atomic E-state index is 10.8. The third-order valence-corrected chi connectivity index (χ3v) is 3.28. The molecule has 0 bridgehead atoms. The van der Waals surface area contributed by atoms with Crippen molar-refractivity contribution in [3.8, 4) is 0 Å². The summed E-state index contributed by atoms with van der Waals surface area (Å²) in [6.45, 7) is 8.79. The fourth-order valence-corrected chi connectivity index (χ4v) is 2.15. The van der Waals surface area contributed by atoms with E-state index >= 15 is 0 Å². The van der Waals surface area contributed by atoms with Gasteiger partial charge in [-0.1, -0.05) is 13.8 Å². The number of aromatic amines is 1. The minimum atomic E-state index is -0.399. The molecule has 1 aromatic carbocycles. The van der Waals surface area contributed by atoms with Crippen LogP contribution in [0.25, 0.3) is 11.0 Å². The first kappa shape index (κ1) is 15.2. The number of aromatic nitrogens is 2. The molecule has 0 saturated heterocycles. The van der Waals surface area contributed by atoms with Gasteiger partial charge in [0.1, 0.15) is 0 Å². The molecule has 2 aromatic rings. The van der Waals surface area contributed by atoms with E-state index < -0.39 is 4.92 Å². The summed E-state index contributed by atoms with van der Waals surface area (Å²) < 4.78 is 0. The van der Waals surface area contributed by atoms with Crippen molar-refractivity contribution in [2.45, 2.75) is 26.8 Å². The molecule has 0 amide bonds. The van der Waals surface area contributed by atoms with Crippen molar-refractivity contribution in [2.24, 2.45) is 0 Å². The predicted molar refractivity (Wildman–Crippen MR) is 83.8 cm³/mol. The molecule has 0 radical (unpaired) electrons. The van der Waals surface area contributed by atoms with E-state index in [1.54, 1.807) is 6.07 Å². The predicted octanol–water partition coefficient (Wildman–Crippen LogP) is 2.30. The zero-order valence-corrected chi connectivity index (χ0v) is 12.6. The Labute approximate surface area is 123 Å². The second kappa shape index (κ2) is 6.53. The summed E-state index contributed by atoms with van der Waals surface area (Å²) in [7, 11) is 0. The van der Waals surface area contributed by atoms with E-state index in [0.29, 0.717) is 11.6 Å². The molecule has 1 heterocycles. The fraction of sp³-hybridized carbons (Fsp3) is 0.500. The standard InChI is InChI=1S/C14H21N5O2/c1-4-18(8-7-15-10(2)3)14-16-12-6-5-11(19(20)21)9-13(12)17-14/h5-6,9-10,15H,4,7-8H2,1-3H3,(H,16,17). The number of non-ortho nitro benzene ring substituents is 1. The van der Waals surface area contributed by atoms with E-state index in [1.165, 1.54) is 12.1 Å². The Hall–Kier alpha value is -2.15. The summed E-state index contributed by atoms with van der Waals surface area (Å²) in [5.41, 5.74) is 1.50. The highest BCUT2D eigenvalue weighted by molar-refractivity contribution is 5.80. The van der Waals surface area contributed by atoms with E-state index in [9.17, 15) is 10.1 Å². The minimum Gasteiger partial charge on any atom is -0.341 e. The number of nitrogens with zero attached hydrogens (tertiary/aromatic N) is 3. The van der Waals surface area contributed by atoms with Crippen LogP contribution in [0.3, 0.4) is 0 Å². The molecule has 2 N–H and O–H groups in total. The van der Waals surface area contributed by atoms with Crippen LogP contribution < -0.4 is 10.2 Å². The molecular weight excluding hydrogens is 270 g/mol. The average molecular weight is 291 g/mol. The number of nitro benzene ring substituents is 1. The smallest absolute Gasteiger partial charge is 0.271 e. The van der Waals surface area contributed by atoms with Crippen LogP contribution in [-0.4, -0.2) is 40.6 Å². The van der Waals surface area contributed by atoms with Crippen molar-refractivity contribution in [1.29, 1.82) is 0 Å². The minimum absolute atomic E-state index is 0.0715. The second-order valence-electron chi connectivity index (χ2n) is 5.21. The summed E-state index contributed by atoms with van der Waals surface area (Å²) in [5.74, 6) is 0.749. The SMILES string of the molecule is CCN(CCNC(C)C)c1nc2ccc([N+](=O)[O-])cc2[nH]1. The fourth-order valence-electron chi connectivity index (χ4n) is 2.15. The number of rotatable bonds is 7. The number of nitro groups is 1. The zero-order chi connectivity index (χ0) is 15.4. The van der Waals surface area contributed by atoms with Crippen molar-refractivity contribution in [2.75, 3.05) is 24.5 Å². The van der Waals surface area contributed by atoms with Crippen LogP contribution in [0.1, 0.15) is 20.8 Å². The third kappa shape index (κ3) is 3.69. The molecule has 7 nitrogen and oxygen atoms in total. The van der Waals surface area contributed by atoms with E-state index in [-0.39, 0.29) is 5.69 Å². The molecule has 0 spiro atoms. The maximum absolute atomic E-state index is 10.8. The van der Waals surface area contributed by atoms with Gasteiger partial charge >= 0.3 is 0 Å². The van der Waals surface area contributed by atoms with Gasteiger partial charge in [-0.05, 0) is 13.0 Å². The van der Waals surface area contributed by atoms with Crippen molar-refractivity contribution in [1.82, 2.24) is 15.3 Å². The Kier molecular flexibility index (Phi) is 4.74. The van der Waals surface area contributed by atoms with Gasteiger partial charge in [0.2, 0.25) is 5.95 Å². The lowest BCUT2D eigenvalue weighted by atomic mass is 10.3. The van der Waals surface area contributed by atoms with Gasteiger partial charge in [-0.3, -0.25) is 10.1 Å². The molecule has 2 rings (SSSR count). The number of fused-ring (bicyclic) bond motifs is 1. The van der Waals surface area contributed by atoms with Gasteiger partial charge in [0.15, 0.2) is 0 Å². The van der Waals surface area contributed by atoms with E-state index in [0.717, 1.165) is 31.1 Å². The molecule has 0 aliphatic heterocycles. The number of H-pyrrole nitrogens is 1. The number of hydrogen-bond acceptors (Lipinski definition) is 5. The largest absolute Gasteiger partial charge is 0.341 e. The molecule has 0 aliphatic carbocycles. The van der Waals surface area contributed by atoms with Crippen molar-refractivity contribution in [3.05, 3.63) is 28.3 Å². The van der Waals surface area contributed by atoms with E-state index in [4.69, 9.17) is 0 Å². The third-order valence-electron chi connectivity index (χ3n) is 3.28. The van der Waals surface area contributed by atoms with Gasteiger partial charge in [-0.25, -0.2) is 4.98 Å². The molecule has 114 valence electrons. The summed E-state index contributed by atoms with van der Waals surface area (Å²) >= 11 is 0. The highest BCUT2D eigenvalue weighted by atomic mass is 16.6. The van der Waals surface area contributed by atoms with Gasteiger partial charge in [-0.2, -0.15) is 0 Å². The summed E-state index contributed by atoms with van der Waals surface area (Å²) in [4.78, 5) is 20.2. The van der Waals surface area contributed by atoms with Crippen LogP contribution in [-0.2, 0) is 0 Å². The zero-order valence-electron chi connectivity index (χ0n) is 12.6. The summed E-state index contributed by atoms with van der Waals surface area (Å²) in [6, 6.07) is 5.12. The normalized spacial score (nSPS) is 11.2. The second-order valence-corrected chi connectivity index (χ2v) is 5.21. The van der Waals surface area contributed by atoms with E-state index in [2.05, 4.69) is 41.0 Å². The van der Waals surface area contributed by atoms with Crippen molar-refractivity contribution < 1.29 is 4.92 Å². The lowest BCUT2D eigenvalue weighted by Gasteiger charge is -2.20. The highest BCUT2D eigenvalue weighted by Crippen LogP contribution is 2.21. The number of hydrogen-bond donors (Lipinski definition) is 2.